The minimum atomic E-state index is -0.362. The summed E-state index contributed by atoms with van der Waals surface area (Å²) in [7, 11) is 0. The Bertz CT molecular complexity index is 2690. The number of fused-ring (bicyclic) bond motifs is 8. The van der Waals surface area contributed by atoms with Crippen molar-refractivity contribution in [1.29, 1.82) is 0 Å². The van der Waals surface area contributed by atoms with Gasteiger partial charge >= 0.3 is 23.9 Å². The number of esters is 4. The second kappa shape index (κ2) is 35.3. The van der Waals surface area contributed by atoms with E-state index in [-0.39, 0.29) is 62.5 Å². The lowest BCUT2D eigenvalue weighted by Crippen LogP contribution is -2.47. The average Bonchev–Trinajstić information content (AvgIpc) is 1.54. The lowest BCUT2D eigenvalue weighted by atomic mass is 9.75. The largest absolute Gasteiger partial charge is 0.493 e. The van der Waals surface area contributed by atoms with Crippen molar-refractivity contribution in [2.24, 2.45) is 68.0 Å². The van der Waals surface area contributed by atoms with Gasteiger partial charge in [-0.2, -0.15) is 0 Å². The van der Waals surface area contributed by atoms with Crippen LogP contribution in [0.2, 0.25) is 0 Å². The number of benzene rings is 2. The highest BCUT2D eigenvalue weighted by atomic mass is 16.6. The summed E-state index contributed by atoms with van der Waals surface area (Å²) < 4.78 is 64.7. The van der Waals surface area contributed by atoms with Crippen LogP contribution in [0.1, 0.15) is 237 Å². The first-order valence-corrected chi connectivity index (χ1v) is 37.4. The number of carbonyl (C=O) groups excluding carboxylic acids is 4. The molecule has 2 aromatic rings. The molecule has 2 aromatic carbocycles. The Morgan fingerprint density at radius 3 is 1.36 bits per heavy atom. The van der Waals surface area contributed by atoms with E-state index in [1.165, 1.54) is 43.2 Å². The molecule has 6 aliphatic heterocycles. The van der Waals surface area contributed by atoms with Crippen LogP contribution >= 0.6 is 0 Å². The zero-order chi connectivity index (χ0) is 70.2. The first-order valence-electron chi connectivity index (χ1n) is 37.4. The second-order valence-electron chi connectivity index (χ2n) is 32.4. The third kappa shape index (κ3) is 22.6. The van der Waals surface area contributed by atoms with Crippen molar-refractivity contribution in [3.05, 3.63) is 59.7 Å². The number of hydrogen-bond acceptors (Lipinski definition) is 16. The van der Waals surface area contributed by atoms with Crippen LogP contribution in [0.3, 0.4) is 0 Å². The summed E-state index contributed by atoms with van der Waals surface area (Å²) in [5.41, 5.74) is 1.74. The Balaban J connectivity index is 0.000000164. The third-order valence-corrected chi connectivity index (χ3v) is 23.6. The smallest absolute Gasteiger partial charge is 0.311 e. The van der Waals surface area contributed by atoms with E-state index >= 15 is 0 Å². The lowest BCUT2D eigenvalue weighted by molar-refractivity contribution is -0.178. The number of rotatable bonds is 28. The van der Waals surface area contributed by atoms with Gasteiger partial charge in [-0.15, -0.1) is 0 Å². The normalized spacial score (nSPS) is 28.2. The van der Waals surface area contributed by atoms with Gasteiger partial charge in [0.25, 0.3) is 0 Å². The van der Waals surface area contributed by atoms with Crippen molar-refractivity contribution in [2.75, 3.05) is 79.3 Å². The zero-order valence-corrected chi connectivity index (χ0v) is 62.6. The summed E-state index contributed by atoms with van der Waals surface area (Å²) in [6, 6.07) is 16.9. The molecule has 0 N–H and O–H groups in total. The van der Waals surface area contributed by atoms with Crippen LogP contribution in [0.4, 0.5) is 0 Å². The molecule has 14 unspecified atom stereocenters. The second-order valence-corrected chi connectivity index (χ2v) is 32.4. The molecule has 0 spiro atoms. The van der Waals surface area contributed by atoms with Crippen molar-refractivity contribution in [3.63, 3.8) is 0 Å². The van der Waals surface area contributed by atoms with Gasteiger partial charge in [0.2, 0.25) is 0 Å². The van der Waals surface area contributed by atoms with Crippen molar-refractivity contribution in [2.45, 2.75) is 263 Å². The number of carbonyl (C=O) groups is 4. The van der Waals surface area contributed by atoms with Gasteiger partial charge < -0.3 is 56.8 Å². The van der Waals surface area contributed by atoms with Gasteiger partial charge in [-0.05, 0) is 228 Å². The molecule has 14 atom stereocenters. The van der Waals surface area contributed by atoms with Gasteiger partial charge in [0.15, 0.2) is 0 Å². The molecule has 10 fully saturated rings. The molecule has 6 saturated heterocycles. The van der Waals surface area contributed by atoms with Crippen molar-refractivity contribution in [3.8, 4) is 11.5 Å². The van der Waals surface area contributed by atoms with E-state index in [0.29, 0.717) is 87.2 Å². The van der Waals surface area contributed by atoms with E-state index in [1.54, 1.807) is 0 Å². The quantitative estimate of drug-likeness (QED) is 0.0443. The van der Waals surface area contributed by atoms with Gasteiger partial charge in [-0.1, -0.05) is 93.5 Å². The maximum Gasteiger partial charge on any atom is 0.311 e. The highest BCUT2D eigenvalue weighted by Crippen LogP contribution is 2.66. The average molecular weight is 1350 g/mol. The molecule has 0 amide bonds. The van der Waals surface area contributed by atoms with Crippen LogP contribution < -0.4 is 9.47 Å². The molecule has 6 heterocycles. The monoisotopic (exact) mass is 1340 g/mol. The van der Waals surface area contributed by atoms with Crippen LogP contribution in [0, 0.1) is 68.0 Å². The Morgan fingerprint density at radius 1 is 0.479 bits per heavy atom. The summed E-state index contributed by atoms with van der Waals surface area (Å²) in [6.07, 6.45) is 17.7. The number of ether oxygens (including phenoxy) is 12. The lowest BCUT2D eigenvalue weighted by Gasteiger charge is -2.40. The van der Waals surface area contributed by atoms with E-state index in [0.717, 1.165) is 139 Å². The summed E-state index contributed by atoms with van der Waals surface area (Å²) in [4.78, 5) is 47.0. The molecule has 2 bridgehead atoms. The summed E-state index contributed by atoms with van der Waals surface area (Å²) in [5.74, 6) is 7.37. The Morgan fingerprint density at radius 2 is 0.927 bits per heavy atom. The van der Waals surface area contributed by atoms with Gasteiger partial charge in [-0.25, -0.2) is 0 Å². The van der Waals surface area contributed by atoms with Gasteiger partial charge in [-0.3, -0.25) is 19.2 Å². The summed E-state index contributed by atoms with van der Waals surface area (Å²) >= 11 is 0. The van der Waals surface area contributed by atoms with Gasteiger partial charge in [0, 0.05) is 0 Å². The zero-order valence-electron chi connectivity index (χ0n) is 62.6. The van der Waals surface area contributed by atoms with Crippen LogP contribution in [-0.2, 0) is 66.5 Å². The molecule has 10 aliphatic rings. The van der Waals surface area contributed by atoms with Crippen LogP contribution in [0.15, 0.2) is 48.5 Å². The molecule has 0 radical (unpaired) electrons. The standard InChI is InChI=1S/C17H26O3.C16H24O2.C13H22O3.C13H18O2.C12H22O3.C9H16O3/c1-4-17(2,3)16(18)19-8-10-5-9-6-11(10)14-12(9)7-13-15(14)20-13;1-4-13(3)14-6-8-15(9-7-14)18-12-16(5-2)10-17-11-16;1-4-13(2,3)12(14)15-8-9-5-6-10-11(7-9)16-10;1-3-10(2)11-4-6-12(7-5-11)14-8-13-9-15-13;1-5-11(3,4)10(13)15-9-12(6-2)7-14-8-12;1-4-9(2,3)8(10)12-6-7-5-11-7/h9-15H,4-8H2,1-3H3;6-9,13H,4-5,10-12H2,1-3H3;9-11H,4-8H2,1-3H3;4-7,10,13H,3,8-9H2,1-2H3;5-9H2,1-4H3;7H,4-6H2,1-3H3. The first kappa shape index (κ1) is 79.0. The minimum absolute atomic E-state index is 0.0220. The van der Waals surface area contributed by atoms with Crippen molar-refractivity contribution >= 4 is 23.9 Å². The highest BCUT2D eigenvalue weighted by molar-refractivity contribution is 5.77. The maximum atomic E-state index is 12.1. The molecule has 4 saturated carbocycles. The van der Waals surface area contributed by atoms with E-state index < -0.39 is 0 Å². The van der Waals surface area contributed by atoms with E-state index in [9.17, 15) is 19.2 Å². The molecule has 96 heavy (non-hydrogen) atoms. The highest BCUT2D eigenvalue weighted by Gasteiger charge is 2.66. The molecule has 0 aromatic heterocycles. The molecule has 544 valence electrons. The minimum Gasteiger partial charge on any atom is -0.493 e. The number of epoxide rings is 4. The predicted octanol–water partition coefficient (Wildman–Crippen LogP) is 16.3. The first-order chi connectivity index (χ1) is 45.5. The predicted molar refractivity (Wildman–Crippen MR) is 374 cm³/mol. The Hall–Kier alpha value is -4.32. The van der Waals surface area contributed by atoms with E-state index in [1.807, 2.05) is 95.2 Å². The molecular weight excluding hydrogens is 1220 g/mol. The van der Waals surface area contributed by atoms with E-state index in [4.69, 9.17) is 56.8 Å². The Kier molecular flexibility index (Phi) is 29.1. The summed E-state index contributed by atoms with van der Waals surface area (Å²) in [5, 5.41) is 0. The van der Waals surface area contributed by atoms with E-state index in [2.05, 4.69) is 77.9 Å². The topological polar surface area (TPSA) is 192 Å². The third-order valence-electron chi connectivity index (χ3n) is 23.6. The van der Waals surface area contributed by atoms with Crippen LogP contribution in [0.5, 0.6) is 11.5 Å². The number of hydrogen-bond donors (Lipinski definition) is 0. The van der Waals surface area contributed by atoms with Crippen molar-refractivity contribution in [1.82, 2.24) is 0 Å². The fourth-order valence-corrected chi connectivity index (χ4v) is 13.0. The molecule has 12 rings (SSSR count). The summed E-state index contributed by atoms with van der Waals surface area (Å²) in [6.45, 7) is 45.1. The maximum absolute atomic E-state index is 12.1. The Labute approximate surface area is 578 Å². The fraction of sp³-hybridized carbons (Fsp3) is 0.800. The molecular formula is C80H128O16. The fourth-order valence-electron chi connectivity index (χ4n) is 13.0. The van der Waals surface area contributed by atoms with Gasteiger partial charge in [0.05, 0.1) is 116 Å². The molecule has 4 aliphatic carbocycles. The van der Waals surface area contributed by atoms with Gasteiger partial charge in [0.1, 0.15) is 43.5 Å². The van der Waals surface area contributed by atoms with Crippen LogP contribution in [0.25, 0.3) is 0 Å². The van der Waals surface area contributed by atoms with Crippen molar-refractivity contribution < 1.29 is 76.0 Å². The van der Waals surface area contributed by atoms with Crippen LogP contribution in [-0.4, -0.2) is 140 Å². The molecule has 16 nitrogen and oxygen atoms in total. The SMILES string of the molecule is CCC(C)(C)C(=O)OCC1CC2CC1C1C2CC2OC21.CCC(C)(C)C(=O)OCC1CCC2OC2C1.CCC(C)(C)C(=O)OCC1CO1.CCC(C)c1ccc(OCC2(CC)COC2)cc1.CCC(C)c1ccc(OCC2CO2)cc1.CCC1(COC(=O)C(C)(C)CC)COC1. The molecule has 16 heteroatoms.